The highest BCUT2D eigenvalue weighted by atomic mass is 35.5. The Balaban J connectivity index is 1.54. The van der Waals surface area contributed by atoms with Crippen LogP contribution < -0.4 is 15.5 Å². The molecule has 3 aromatic rings. The zero-order chi connectivity index (χ0) is 25.4. The van der Waals surface area contributed by atoms with E-state index in [9.17, 15) is 9.59 Å². The number of nitrogens with zero attached hydrogens (tertiary/aromatic N) is 1. The van der Waals surface area contributed by atoms with Gasteiger partial charge in [0.1, 0.15) is 18.4 Å². The fourth-order valence-corrected chi connectivity index (χ4v) is 3.55. The van der Waals surface area contributed by atoms with Crippen LogP contribution in [0.4, 0.5) is 0 Å². The lowest BCUT2D eigenvalue weighted by Crippen LogP contribution is -2.48. The molecule has 0 aromatic heterocycles. The second kappa shape index (κ2) is 12.6. The third-order valence-corrected chi connectivity index (χ3v) is 6.15. The summed E-state index contributed by atoms with van der Waals surface area (Å²) in [5, 5.41) is 7.98. The van der Waals surface area contributed by atoms with E-state index in [0.29, 0.717) is 28.0 Å². The van der Waals surface area contributed by atoms with Gasteiger partial charge in [-0.15, -0.1) is 0 Å². The molecule has 9 heteroatoms. The molecule has 35 heavy (non-hydrogen) atoms. The van der Waals surface area contributed by atoms with E-state index in [0.717, 1.165) is 11.1 Å². The summed E-state index contributed by atoms with van der Waals surface area (Å²) >= 11 is 18.0. The molecule has 3 aromatic carbocycles. The van der Waals surface area contributed by atoms with Crippen LogP contribution in [0.2, 0.25) is 15.1 Å². The molecule has 3 rings (SSSR count). The predicted octanol–water partition coefficient (Wildman–Crippen LogP) is 6.13. The lowest BCUT2D eigenvalue weighted by Gasteiger charge is -2.20. The van der Waals surface area contributed by atoms with Crippen molar-refractivity contribution in [2.45, 2.75) is 26.5 Å². The summed E-state index contributed by atoms with van der Waals surface area (Å²) in [7, 11) is 0. The van der Waals surface area contributed by atoms with Gasteiger partial charge in [0, 0.05) is 16.1 Å². The molecule has 182 valence electrons. The average molecular weight is 533 g/mol. The van der Waals surface area contributed by atoms with Gasteiger partial charge in [0.15, 0.2) is 0 Å². The van der Waals surface area contributed by atoms with E-state index in [1.807, 2.05) is 50.2 Å². The molecule has 6 nitrogen and oxygen atoms in total. The standard InChI is InChI=1S/C26H24Cl3N3O3/c1-16(2)24(31-25(33)18-9-12-22(28)23(29)13-18)26(34)32-30-14-17-7-10-20(11-8-17)35-15-19-5-3-4-6-21(19)27/h3-14,16,24H,15H2,1-2H3,(H,31,33)(H,32,34)/b30-14+. The van der Waals surface area contributed by atoms with Gasteiger partial charge in [-0.25, -0.2) is 5.43 Å². The molecule has 0 fully saturated rings. The Morgan fingerprint density at radius 2 is 1.66 bits per heavy atom. The third kappa shape index (κ3) is 7.72. The minimum atomic E-state index is -0.797. The van der Waals surface area contributed by atoms with Crippen LogP contribution in [0.3, 0.4) is 0 Å². The largest absolute Gasteiger partial charge is 0.489 e. The third-order valence-electron chi connectivity index (χ3n) is 5.04. The van der Waals surface area contributed by atoms with Crippen LogP contribution >= 0.6 is 34.8 Å². The van der Waals surface area contributed by atoms with Gasteiger partial charge in [0.05, 0.1) is 16.3 Å². The van der Waals surface area contributed by atoms with Crippen molar-refractivity contribution in [2.75, 3.05) is 0 Å². The number of halogens is 3. The SMILES string of the molecule is CC(C)C(NC(=O)c1ccc(Cl)c(Cl)c1)C(=O)N/N=C/c1ccc(OCc2ccccc2Cl)cc1. The first-order valence-electron chi connectivity index (χ1n) is 10.8. The first-order valence-corrected chi connectivity index (χ1v) is 11.9. The summed E-state index contributed by atoms with van der Waals surface area (Å²) in [6.07, 6.45) is 1.51. The fourth-order valence-electron chi connectivity index (χ4n) is 3.06. The number of hydrazone groups is 1. The molecular formula is C26H24Cl3N3O3. The number of benzene rings is 3. The normalized spacial score (nSPS) is 11.9. The van der Waals surface area contributed by atoms with E-state index < -0.39 is 17.9 Å². The Labute approximate surface area is 219 Å². The molecule has 0 aliphatic carbocycles. The first kappa shape index (κ1) is 26.5. The van der Waals surface area contributed by atoms with Crippen LogP contribution in [-0.2, 0) is 11.4 Å². The number of ether oxygens (including phenoxy) is 1. The summed E-state index contributed by atoms with van der Waals surface area (Å²) in [6.45, 7) is 4.00. The van der Waals surface area contributed by atoms with Crippen molar-refractivity contribution in [2.24, 2.45) is 11.0 Å². The zero-order valence-corrected chi connectivity index (χ0v) is 21.4. The number of amides is 2. The minimum absolute atomic E-state index is 0.175. The first-order chi connectivity index (χ1) is 16.7. The maximum Gasteiger partial charge on any atom is 0.262 e. The van der Waals surface area contributed by atoms with Gasteiger partial charge in [-0.3, -0.25) is 9.59 Å². The van der Waals surface area contributed by atoms with E-state index in [4.69, 9.17) is 39.5 Å². The molecule has 1 atom stereocenters. The Kier molecular flexibility index (Phi) is 9.55. The number of carbonyl (C=O) groups excluding carboxylic acids is 2. The van der Waals surface area contributed by atoms with Crippen LogP contribution in [-0.4, -0.2) is 24.1 Å². The van der Waals surface area contributed by atoms with E-state index in [-0.39, 0.29) is 10.9 Å². The molecule has 0 bridgehead atoms. The van der Waals surface area contributed by atoms with Crippen molar-refractivity contribution in [1.29, 1.82) is 0 Å². The van der Waals surface area contributed by atoms with E-state index in [1.165, 1.54) is 18.3 Å². The molecule has 1 unspecified atom stereocenters. The lowest BCUT2D eigenvalue weighted by atomic mass is 10.0. The highest BCUT2D eigenvalue weighted by molar-refractivity contribution is 6.42. The van der Waals surface area contributed by atoms with Crippen molar-refractivity contribution in [3.63, 3.8) is 0 Å². The quantitative estimate of drug-likeness (QED) is 0.257. The topological polar surface area (TPSA) is 79.8 Å². The van der Waals surface area contributed by atoms with Gasteiger partial charge >= 0.3 is 0 Å². The number of nitrogens with one attached hydrogen (secondary N) is 2. The highest BCUT2D eigenvalue weighted by Gasteiger charge is 2.24. The Morgan fingerprint density at radius 1 is 0.943 bits per heavy atom. The molecule has 0 aliphatic heterocycles. The summed E-state index contributed by atoms with van der Waals surface area (Å²) in [5.41, 5.74) is 4.44. The smallest absolute Gasteiger partial charge is 0.262 e. The Bertz CT molecular complexity index is 1210. The van der Waals surface area contributed by atoms with E-state index in [1.54, 1.807) is 18.2 Å². The number of carbonyl (C=O) groups is 2. The number of rotatable bonds is 9. The maximum atomic E-state index is 12.6. The van der Waals surface area contributed by atoms with Crippen molar-refractivity contribution >= 4 is 52.8 Å². The fraction of sp³-hybridized carbons (Fsp3) is 0.192. The maximum absolute atomic E-state index is 12.6. The number of hydrogen-bond acceptors (Lipinski definition) is 4. The van der Waals surface area contributed by atoms with Gasteiger partial charge in [-0.1, -0.05) is 66.8 Å². The van der Waals surface area contributed by atoms with Crippen LogP contribution in [0.5, 0.6) is 5.75 Å². The summed E-state index contributed by atoms with van der Waals surface area (Å²) in [5.74, 6) is -0.374. The molecule has 0 radical (unpaired) electrons. The lowest BCUT2D eigenvalue weighted by molar-refractivity contribution is -0.123. The van der Waals surface area contributed by atoms with E-state index >= 15 is 0 Å². The van der Waals surface area contributed by atoms with Crippen LogP contribution in [0.15, 0.2) is 71.8 Å². The van der Waals surface area contributed by atoms with Gasteiger partial charge in [0.2, 0.25) is 0 Å². The number of hydrogen-bond donors (Lipinski definition) is 2. The van der Waals surface area contributed by atoms with E-state index in [2.05, 4.69) is 15.8 Å². The zero-order valence-electron chi connectivity index (χ0n) is 19.1. The summed E-state index contributed by atoms with van der Waals surface area (Å²) in [6, 6.07) is 18.4. The molecule has 0 aliphatic rings. The molecule has 0 spiro atoms. The minimum Gasteiger partial charge on any atom is -0.489 e. The average Bonchev–Trinajstić information content (AvgIpc) is 2.84. The Hall–Kier alpha value is -3.06. The molecule has 0 saturated carbocycles. The van der Waals surface area contributed by atoms with Crippen LogP contribution in [0.25, 0.3) is 0 Å². The summed E-state index contributed by atoms with van der Waals surface area (Å²) in [4.78, 5) is 25.2. The molecule has 2 amide bonds. The molecule has 2 N–H and O–H groups in total. The van der Waals surface area contributed by atoms with Crippen molar-refractivity contribution in [3.8, 4) is 5.75 Å². The molecule has 0 saturated heterocycles. The predicted molar refractivity (Wildman–Crippen MR) is 141 cm³/mol. The van der Waals surface area contributed by atoms with Gasteiger partial charge < -0.3 is 10.1 Å². The van der Waals surface area contributed by atoms with Crippen LogP contribution in [0, 0.1) is 5.92 Å². The highest BCUT2D eigenvalue weighted by Crippen LogP contribution is 2.23. The van der Waals surface area contributed by atoms with Crippen molar-refractivity contribution in [1.82, 2.24) is 10.7 Å². The second-order valence-corrected chi connectivity index (χ2v) is 9.23. The Morgan fingerprint density at radius 3 is 2.31 bits per heavy atom. The van der Waals surface area contributed by atoms with Crippen molar-refractivity contribution < 1.29 is 14.3 Å². The monoisotopic (exact) mass is 531 g/mol. The second-order valence-electron chi connectivity index (χ2n) is 8.01. The van der Waals surface area contributed by atoms with Crippen molar-refractivity contribution in [3.05, 3.63) is 98.5 Å². The van der Waals surface area contributed by atoms with Gasteiger partial charge in [-0.2, -0.15) is 5.10 Å². The van der Waals surface area contributed by atoms with Gasteiger partial charge in [-0.05, 0) is 60.0 Å². The molecule has 0 heterocycles. The van der Waals surface area contributed by atoms with Gasteiger partial charge in [0.25, 0.3) is 11.8 Å². The summed E-state index contributed by atoms with van der Waals surface area (Å²) < 4.78 is 5.76. The molecular weight excluding hydrogens is 509 g/mol. The van der Waals surface area contributed by atoms with Crippen LogP contribution in [0.1, 0.15) is 35.3 Å².